The Hall–Kier alpha value is -0.470. The molecular formula is C15H25IN4S. The van der Waals surface area contributed by atoms with Crippen molar-refractivity contribution in [2.24, 2.45) is 10.7 Å². The Morgan fingerprint density at radius 3 is 2.62 bits per heavy atom. The van der Waals surface area contributed by atoms with Crippen LogP contribution in [0.25, 0.3) is 0 Å². The van der Waals surface area contributed by atoms with Crippen LogP contribution in [0.1, 0.15) is 11.1 Å². The number of hydrogen-bond acceptors (Lipinski definition) is 3. The fourth-order valence-corrected chi connectivity index (χ4v) is 3.16. The van der Waals surface area contributed by atoms with Crippen molar-refractivity contribution >= 4 is 41.7 Å². The maximum atomic E-state index is 6.07. The van der Waals surface area contributed by atoms with Crippen molar-refractivity contribution in [1.82, 2.24) is 9.80 Å². The Morgan fingerprint density at radius 1 is 1.29 bits per heavy atom. The van der Waals surface area contributed by atoms with Gasteiger partial charge in [-0.3, -0.25) is 0 Å². The summed E-state index contributed by atoms with van der Waals surface area (Å²) in [6.45, 7) is 3.65. The highest BCUT2D eigenvalue weighted by molar-refractivity contribution is 14.0. The van der Waals surface area contributed by atoms with E-state index < -0.39 is 0 Å². The molecule has 1 saturated heterocycles. The van der Waals surface area contributed by atoms with Gasteiger partial charge in [-0.25, -0.2) is 4.99 Å². The van der Waals surface area contributed by atoms with Crippen LogP contribution < -0.4 is 5.73 Å². The molecule has 0 unspecified atom stereocenters. The minimum atomic E-state index is 0. The van der Waals surface area contributed by atoms with Crippen LogP contribution in [0.4, 0.5) is 0 Å². The smallest absolute Gasteiger partial charge is 0.191 e. The zero-order valence-corrected chi connectivity index (χ0v) is 15.9. The summed E-state index contributed by atoms with van der Waals surface area (Å²) in [5.41, 5.74) is 8.61. The highest BCUT2D eigenvalue weighted by Gasteiger charge is 2.11. The molecular weight excluding hydrogens is 395 g/mol. The predicted molar refractivity (Wildman–Crippen MR) is 103 cm³/mol. The molecule has 2 rings (SSSR count). The standard InChI is InChI=1S/C15H24N4S.HI/c1-18(2)12-14-5-3-4-13(10-14)11-17-15(16)19-6-8-20-9-7-19;/h3-5,10H,6-9,11-12H2,1-2H3,(H2,16,17);1H. The minimum Gasteiger partial charge on any atom is -0.370 e. The van der Waals surface area contributed by atoms with Crippen LogP contribution in [0, 0.1) is 0 Å². The van der Waals surface area contributed by atoms with E-state index in [0.29, 0.717) is 12.5 Å². The van der Waals surface area contributed by atoms with Crippen molar-refractivity contribution in [3.8, 4) is 0 Å². The molecule has 21 heavy (non-hydrogen) atoms. The Kier molecular flexibility index (Phi) is 8.43. The molecule has 0 bridgehead atoms. The normalized spacial score (nSPS) is 16.0. The van der Waals surface area contributed by atoms with Gasteiger partial charge in [0.05, 0.1) is 6.54 Å². The van der Waals surface area contributed by atoms with Crippen molar-refractivity contribution in [3.05, 3.63) is 35.4 Å². The first-order valence-electron chi connectivity index (χ1n) is 7.00. The fraction of sp³-hybridized carbons (Fsp3) is 0.533. The molecule has 1 aliphatic rings. The molecule has 4 nitrogen and oxygen atoms in total. The lowest BCUT2D eigenvalue weighted by Crippen LogP contribution is -2.42. The molecule has 0 radical (unpaired) electrons. The molecule has 0 saturated carbocycles. The Labute approximate surface area is 149 Å². The van der Waals surface area contributed by atoms with Gasteiger partial charge in [-0.1, -0.05) is 24.3 Å². The Balaban J connectivity index is 0.00000220. The number of rotatable bonds is 4. The van der Waals surface area contributed by atoms with E-state index in [0.717, 1.165) is 31.1 Å². The fourth-order valence-electron chi connectivity index (χ4n) is 2.26. The summed E-state index contributed by atoms with van der Waals surface area (Å²) < 4.78 is 0. The van der Waals surface area contributed by atoms with E-state index in [-0.39, 0.29) is 24.0 Å². The van der Waals surface area contributed by atoms with Crippen LogP contribution in [0.15, 0.2) is 29.3 Å². The second-order valence-electron chi connectivity index (χ2n) is 5.33. The van der Waals surface area contributed by atoms with E-state index in [1.165, 1.54) is 11.1 Å². The van der Waals surface area contributed by atoms with E-state index in [4.69, 9.17) is 5.73 Å². The summed E-state index contributed by atoms with van der Waals surface area (Å²) in [5.74, 6) is 2.98. The summed E-state index contributed by atoms with van der Waals surface area (Å²) in [6.07, 6.45) is 0. The molecule has 1 fully saturated rings. The lowest BCUT2D eigenvalue weighted by atomic mass is 10.1. The van der Waals surface area contributed by atoms with Gasteiger partial charge in [-0.15, -0.1) is 24.0 Å². The zero-order chi connectivity index (χ0) is 14.4. The van der Waals surface area contributed by atoms with Gasteiger partial charge in [0, 0.05) is 31.1 Å². The zero-order valence-electron chi connectivity index (χ0n) is 12.8. The largest absolute Gasteiger partial charge is 0.370 e. The summed E-state index contributed by atoms with van der Waals surface area (Å²) in [6, 6.07) is 8.57. The number of nitrogens with two attached hydrogens (primary N) is 1. The van der Waals surface area contributed by atoms with Crippen LogP contribution in [0.3, 0.4) is 0 Å². The van der Waals surface area contributed by atoms with Crippen LogP contribution >= 0.6 is 35.7 Å². The summed E-state index contributed by atoms with van der Waals surface area (Å²) in [5, 5.41) is 0. The van der Waals surface area contributed by atoms with Crippen molar-refractivity contribution in [2.45, 2.75) is 13.1 Å². The summed E-state index contributed by atoms with van der Waals surface area (Å²) >= 11 is 1.98. The first-order valence-corrected chi connectivity index (χ1v) is 8.16. The van der Waals surface area contributed by atoms with Crippen LogP contribution in [0.5, 0.6) is 0 Å². The van der Waals surface area contributed by atoms with E-state index >= 15 is 0 Å². The molecule has 2 N–H and O–H groups in total. The third kappa shape index (κ3) is 6.44. The quantitative estimate of drug-likeness (QED) is 0.461. The van der Waals surface area contributed by atoms with E-state index in [1.54, 1.807) is 0 Å². The molecule has 0 atom stereocenters. The van der Waals surface area contributed by atoms with Crippen LogP contribution in [-0.4, -0.2) is 54.4 Å². The van der Waals surface area contributed by atoms with Crippen molar-refractivity contribution < 1.29 is 0 Å². The number of hydrogen-bond donors (Lipinski definition) is 1. The molecule has 0 amide bonds. The van der Waals surface area contributed by atoms with Crippen LogP contribution in [-0.2, 0) is 13.1 Å². The van der Waals surface area contributed by atoms with Gasteiger partial charge in [0.2, 0.25) is 0 Å². The maximum Gasteiger partial charge on any atom is 0.191 e. The monoisotopic (exact) mass is 420 g/mol. The number of halogens is 1. The third-order valence-electron chi connectivity index (χ3n) is 3.25. The highest BCUT2D eigenvalue weighted by Crippen LogP contribution is 2.10. The molecule has 1 aromatic rings. The summed E-state index contributed by atoms with van der Waals surface area (Å²) in [7, 11) is 4.16. The topological polar surface area (TPSA) is 44.9 Å². The average molecular weight is 420 g/mol. The van der Waals surface area contributed by atoms with Gasteiger partial charge >= 0.3 is 0 Å². The lowest BCUT2D eigenvalue weighted by Gasteiger charge is -2.27. The number of thioether (sulfide) groups is 1. The van der Waals surface area contributed by atoms with Gasteiger partial charge < -0.3 is 15.5 Å². The third-order valence-corrected chi connectivity index (χ3v) is 4.19. The van der Waals surface area contributed by atoms with Gasteiger partial charge in [0.1, 0.15) is 0 Å². The molecule has 6 heteroatoms. The molecule has 1 aliphatic heterocycles. The summed E-state index contributed by atoms with van der Waals surface area (Å²) in [4.78, 5) is 8.89. The Morgan fingerprint density at radius 2 is 1.95 bits per heavy atom. The average Bonchev–Trinajstić information content (AvgIpc) is 2.45. The van der Waals surface area contributed by atoms with Crippen molar-refractivity contribution in [1.29, 1.82) is 0 Å². The van der Waals surface area contributed by atoms with E-state index in [1.807, 2.05) is 11.8 Å². The second-order valence-corrected chi connectivity index (χ2v) is 6.56. The maximum absolute atomic E-state index is 6.07. The number of benzene rings is 1. The number of aliphatic imine (C=N–C) groups is 1. The SMILES string of the molecule is CN(C)Cc1cccc(CN=C(N)N2CCSCC2)c1.I. The molecule has 118 valence electrons. The first-order chi connectivity index (χ1) is 9.65. The predicted octanol–water partition coefficient (Wildman–Crippen LogP) is 2.23. The number of nitrogens with zero attached hydrogens (tertiary/aromatic N) is 3. The molecule has 0 aromatic heterocycles. The van der Waals surface area contributed by atoms with Gasteiger partial charge in [-0.05, 0) is 25.2 Å². The molecule has 1 aromatic carbocycles. The lowest BCUT2D eigenvalue weighted by molar-refractivity contribution is 0.402. The van der Waals surface area contributed by atoms with Crippen LogP contribution in [0.2, 0.25) is 0 Å². The molecule has 0 spiro atoms. The van der Waals surface area contributed by atoms with Gasteiger partial charge in [0.25, 0.3) is 0 Å². The molecule has 0 aliphatic carbocycles. The first kappa shape index (κ1) is 18.6. The highest BCUT2D eigenvalue weighted by atomic mass is 127. The number of guanidine groups is 1. The van der Waals surface area contributed by atoms with Gasteiger partial charge in [-0.2, -0.15) is 11.8 Å². The van der Waals surface area contributed by atoms with Crippen molar-refractivity contribution in [3.63, 3.8) is 0 Å². The van der Waals surface area contributed by atoms with E-state index in [9.17, 15) is 0 Å². The minimum absolute atomic E-state index is 0. The van der Waals surface area contributed by atoms with E-state index in [2.05, 4.69) is 53.2 Å². The Bertz CT molecular complexity index is 459. The molecule has 1 heterocycles. The van der Waals surface area contributed by atoms with Crippen molar-refractivity contribution in [2.75, 3.05) is 38.7 Å². The second kappa shape index (κ2) is 9.53. The van der Waals surface area contributed by atoms with Gasteiger partial charge in [0.15, 0.2) is 5.96 Å².